The number of rotatable bonds is 4. The molecule has 0 bridgehead atoms. The Kier molecular flexibility index (Phi) is 2.70. The van der Waals surface area contributed by atoms with Gasteiger partial charge in [0.2, 0.25) is 0 Å². The molecule has 0 aromatic rings. The fraction of sp³-hybridized carbons (Fsp3) is 0.600. The molecule has 0 rings (SSSR count). The van der Waals surface area contributed by atoms with Gasteiger partial charge in [-0.25, -0.2) is 0 Å². The Balaban J connectivity index is 3.68. The van der Waals surface area contributed by atoms with Gasteiger partial charge in [-0.2, -0.15) is 0 Å². The van der Waals surface area contributed by atoms with Gasteiger partial charge in [-0.1, -0.05) is 10.3 Å². The average Bonchev–Trinajstić information content (AvgIpc) is 1.64. The van der Waals surface area contributed by atoms with E-state index in [4.69, 9.17) is 0 Å². The third-order valence-corrected chi connectivity index (χ3v) is 0.569. The molecule has 0 aliphatic rings. The number of hydrogen-bond donors (Lipinski definition) is 0. The predicted molar refractivity (Wildman–Crippen MR) is 35.3 cm³/mol. The van der Waals surface area contributed by atoms with E-state index in [0.717, 1.165) is 0 Å². The van der Waals surface area contributed by atoms with Crippen molar-refractivity contribution in [2.75, 3.05) is 0 Å². The van der Waals surface area contributed by atoms with Crippen LogP contribution in [-0.4, -0.2) is 19.2 Å². The maximum absolute atomic E-state index is 4.63. The van der Waals surface area contributed by atoms with Gasteiger partial charge < -0.3 is 9.68 Å². The molecule has 0 aromatic heterocycles. The van der Waals surface area contributed by atoms with Gasteiger partial charge in [-0.15, -0.1) is 0 Å². The summed E-state index contributed by atoms with van der Waals surface area (Å²) in [7, 11) is 0. The third kappa shape index (κ3) is 3.52. The average molecular weight is 130 g/mol. The summed E-state index contributed by atoms with van der Waals surface area (Å²) in [4.78, 5) is 9.26. The molecule has 0 amide bonds. The van der Waals surface area contributed by atoms with Crippen molar-refractivity contribution in [1.82, 2.24) is 0 Å². The van der Waals surface area contributed by atoms with Crippen LogP contribution in [0.2, 0.25) is 0 Å². The fourth-order valence-corrected chi connectivity index (χ4v) is 0.328. The van der Waals surface area contributed by atoms with Crippen molar-refractivity contribution >= 4 is 13.4 Å². The lowest BCUT2D eigenvalue weighted by Gasteiger charge is -2.17. The normalized spacial score (nSPS) is 10.0. The Morgan fingerprint density at radius 2 is 1.44 bits per heavy atom. The topological polar surface area (TPSA) is 43.2 Å². The number of nitrogens with zero attached hydrogens (tertiary/aromatic N) is 2. The Labute approximate surface area is 54.1 Å². The van der Waals surface area contributed by atoms with E-state index in [-0.39, 0.29) is 0 Å². The first-order valence-corrected chi connectivity index (χ1v) is 2.41. The Morgan fingerprint density at radius 1 is 1.11 bits per heavy atom. The molecule has 0 aromatic carbocycles. The predicted octanol–water partition coefficient (Wildman–Crippen LogP) is 0.987. The molecule has 0 unspecified atom stereocenters. The second kappa shape index (κ2) is 3.06. The summed E-state index contributed by atoms with van der Waals surface area (Å²) < 4.78 is 0. The Morgan fingerprint density at radius 3 is 1.67 bits per heavy atom. The quantitative estimate of drug-likeness (QED) is 0.323. The largest absolute Gasteiger partial charge is 0.347 e. The molecule has 0 radical (unpaired) electrons. The van der Waals surface area contributed by atoms with Crippen molar-refractivity contribution in [3.63, 3.8) is 0 Å². The highest BCUT2D eigenvalue weighted by molar-refractivity contribution is 5.21. The van der Waals surface area contributed by atoms with Crippen molar-refractivity contribution in [2.45, 2.75) is 19.6 Å². The molecule has 0 heterocycles. The van der Waals surface area contributed by atoms with Crippen LogP contribution in [0.3, 0.4) is 0 Å². The van der Waals surface area contributed by atoms with Crippen LogP contribution in [-0.2, 0) is 9.68 Å². The lowest BCUT2D eigenvalue weighted by molar-refractivity contribution is -0.212. The summed E-state index contributed by atoms with van der Waals surface area (Å²) >= 11 is 0. The van der Waals surface area contributed by atoms with Crippen molar-refractivity contribution in [2.24, 2.45) is 10.3 Å². The number of hydrogen-bond acceptors (Lipinski definition) is 4. The maximum Gasteiger partial charge on any atom is 0.293 e. The van der Waals surface area contributed by atoms with Gasteiger partial charge in [0.1, 0.15) is 0 Å². The van der Waals surface area contributed by atoms with Crippen molar-refractivity contribution in [1.29, 1.82) is 0 Å². The zero-order valence-corrected chi connectivity index (χ0v) is 5.63. The first kappa shape index (κ1) is 7.94. The van der Waals surface area contributed by atoms with Crippen LogP contribution in [0.4, 0.5) is 0 Å². The van der Waals surface area contributed by atoms with E-state index in [9.17, 15) is 0 Å². The first-order chi connectivity index (χ1) is 4.12. The fourth-order valence-electron chi connectivity index (χ4n) is 0.328. The van der Waals surface area contributed by atoms with Crippen LogP contribution in [0.25, 0.3) is 0 Å². The minimum absolute atomic E-state index is 0.858. The van der Waals surface area contributed by atoms with Crippen LogP contribution < -0.4 is 0 Å². The molecule has 0 aliphatic carbocycles. The summed E-state index contributed by atoms with van der Waals surface area (Å²) in [5.74, 6) is -0.858. The van der Waals surface area contributed by atoms with Crippen molar-refractivity contribution in [3.05, 3.63) is 0 Å². The zero-order chi connectivity index (χ0) is 7.33. The molecule has 0 N–H and O–H groups in total. The van der Waals surface area contributed by atoms with Crippen molar-refractivity contribution in [3.8, 4) is 0 Å². The SMILES string of the molecule is C=NOC(C)(C)ON=C. The van der Waals surface area contributed by atoms with Crippen molar-refractivity contribution < 1.29 is 9.68 Å². The highest BCUT2D eigenvalue weighted by Crippen LogP contribution is 2.10. The molecule has 0 spiro atoms. The first-order valence-electron chi connectivity index (χ1n) is 2.41. The van der Waals surface area contributed by atoms with E-state index < -0.39 is 5.79 Å². The molecule has 4 nitrogen and oxygen atoms in total. The van der Waals surface area contributed by atoms with Crippen LogP contribution in [0.5, 0.6) is 0 Å². The van der Waals surface area contributed by atoms with Gasteiger partial charge >= 0.3 is 0 Å². The van der Waals surface area contributed by atoms with Gasteiger partial charge in [0.05, 0.1) is 0 Å². The van der Waals surface area contributed by atoms with Gasteiger partial charge in [0.15, 0.2) is 0 Å². The Bertz CT molecular complexity index is 99.5. The molecular formula is C5H10N2O2. The lowest BCUT2D eigenvalue weighted by Crippen LogP contribution is -2.23. The van der Waals surface area contributed by atoms with E-state index in [1.165, 1.54) is 0 Å². The highest BCUT2D eigenvalue weighted by atomic mass is 16.8. The highest BCUT2D eigenvalue weighted by Gasteiger charge is 2.19. The maximum atomic E-state index is 4.63. The summed E-state index contributed by atoms with van der Waals surface area (Å²) in [5, 5.41) is 6.33. The standard InChI is InChI=1S/C5H10N2O2/c1-5(2,8-6-3)9-7-4/h3-4H2,1-2H3. The summed E-state index contributed by atoms with van der Waals surface area (Å²) in [5.41, 5.74) is 0. The smallest absolute Gasteiger partial charge is 0.293 e. The summed E-state index contributed by atoms with van der Waals surface area (Å²) in [6.07, 6.45) is 0. The molecule has 52 valence electrons. The zero-order valence-electron chi connectivity index (χ0n) is 5.63. The molecular weight excluding hydrogens is 120 g/mol. The molecule has 9 heavy (non-hydrogen) atoms. The second-order valence-electron chi connectivity index (χ2n) is 1.84. The summed E-state index contributed by atoms with van der Waals surface area (Å²) in [6.45, 7) is 9.53. The van der Waals surface area contributed by atoms with E-state index in [0.29, 0.717) is 0 Å². The minimum atomic E-state index is -0.858. The second-order valence-corrected chi connectivity index (χ2v) is 1.84. The van der Waals surface area contributed by atoms with E-state index in [1.807, 2.05) is 0 Å². The molecule has 0 saturated heterocycles. The monoisotopic (exact) mass is 130 g/mol. The summed E-state index contributed by atoms with van der Waals surface area (Å²) in [6, 6.07) is 0. The molecule has 0 atom stereocenters. The lowest BCUT2D eigenvalue weighted by atomic mass is 10.4. The van der Waals surface area contributed by atoms with Crippen LogP contribution in [0, 0.1) is 0 Å². The van der Waals surface area contributed by atoms with Gasteiger partial charge in [0.25, 0.3) is 5.79 Å². The van der Waals surface area contributed by atoms with E-state index in [2.05, 4.69) is 33.4 Å². The van der Waals surface area contributed by atoms with Crippen LogP contribution in [0.1, 0.15) is 13.8 Å². The Hall–Kier alpha value is -1.06. The van der Waals surface area contributed by atoms with Gasteiger partial charge in [-0.3, -0.25) is 0 Å². The number of oxime groups is 2. The minimum Gasteiger partial charge on any atom is -0.347 e. The van der Waals surface area contributed by atoms with Gasteiger partial charge in [-0.05, 0) is 0 Å². The molecule has 0 saturated carbocycles. The van der Waals surface area contributed by atoms with Crippen LogP contribution in [0.15, 0.2) is 10.3 Å². The van der Waals surface area contributed by atoms with Gasteiger partial charge in [0, 0.05) is 27.3 Å². The molecule has 0 fully saturated rings. The van der Waals surface area contributed by atoms with E-state index >= 15 is 0 Å². The molecule has 4 heteroatoms. The van der Waals surface area contributed by atoms with E-state index in [1.54, 1.807) is 13.8 Å². The third-order valence-electron chi connectivity index (χ3n) is 0.569. The van der Waals surface area contributed by atoms with Crippen LogP contribution >= 0.6 is 0 Å². The molecule has 0 aliphatic heterocycles.